The molecule has 0 atom stereocenters. The van der Waals surface area contributed by atoms with Crippen molar-refractivity contribution < 1.29 is 5.11 Å². The van der Waals surface area contributed by atoms with E-state index in [9.17, 15) is 5.11 Å². The molecular formula is C12H7ClN2O. The van der Waals surface area contributed by atoms with Gasteiger partial charge in [-0.3, -0.25) is 4.98 Å². The standard InChI is InChI=1S/C12H7ClN2O/c13-10-4-2-1-3-9(10)11-5-8(6-14)12(16)7-15-11/h1-5,7,16H. The van der Waals surface area contributed by atoms with Crippen molar-refractivity contribution in [3.63, 3.8) is 0 Å². The summed E-state index contributed by atoms with van der Waals surface area (Å²) in [6.45, 7) is 0. The van der Waals surface area contributed by atoms with E-state index in [-0.39, 0.29) is 11.3 Å². The molecule has 4 heteroatoms. The Hall–Kier alpha value is -2.05. The second-order valence-electron chi connectivity index (χ2n) is 3.18. The smallest absolute Gasteiger partial charge is 0.151 e. The van der Waals surface area contributed by atoms with Crippen LogP contribution in [-0.2, 0) is 0 Å². The molecule has 0 saturated heterocycles. The zero-order chi connectivity index (χ0) is 11.5. The molecule has 1 N–H and O–H groups in total. The Balaban J connectivity index is 2.59. The van der Waals surface area contributed by atoms with Gasteiger partial charge >= 0.3 is 0 Å². The van der Waals surface area contributed by atoms with Crippen molar-refractivity contribution in [2.75, 3.05) is 0 Å². The fraction of sp³-hybridized carbons (Fsp3) is 0. The van der Waals surface area contributed by atoms with E-state index in [0.29, 0.717) is 10.7 Å². The number of hydrogen-bond donors (Lipinski definition) is 1. The van der Waals surface area contributed by atoms with E-state index in [2.05, 4.69) is 4.98 Å². The van der Waals surface area contributed by atoms with E-state index in [1.807, 2.05) is 24.3 Å². The lowest BCUT2D eigenvalue weighted by molar-refractivity contribution is 0.471. The summed E-state index contributed by atoms with van der Waals surface area (Å²) in [4.78, 5) is 4.03. The number of halogens is 1. The Bertz CT molecular complexity index is 575. The first-order chi connectivity index (χ1) is 7.72. The third kappa shape index (κ3) is 1.83. The molecule has 0 aliphatic rings. The van der Waals surface area contributed by atoms with Crippen LogP contribution in [-0.4, -0.2) is 10.1 Å². The maximum Gasteiger partial charge on any atom is 0.151 e. The summed E-state index contributed by atoms with van der Waals surface area (Å²) in [5, 5.41) is 18.7. The van der Waals surface area contributed by atoms with Crippen molar-refractivity contribution in [3.8, 4) is 23.1 Å². The first kappa shape index (κ1) is 10.5. The van der Waals surface area contributed by atoms with Crippen LogP contribution in [0.5, 0.6) is 5.75 Å². The summed E-state index contributed by atoms with van der Waals surface area (Å²) in [5.41, 5.74) is 1.49. The van der Waals surface area contributed by atoms with Crippen molar-refractivity contribution in [1.29, 1.82) is 5.26 Å². The molecule has 3 nitrogen and oxygen atoms in total. The first-order valence-corrected chi connectivity index (χ1v) is 4.94. The lowest BCUT2D eigenvalue weighted by Crippen LogP contribution is -1.86. The number of aromatic hydroxyl groups is 1. The fourth-order valence-corrected chi connectivity index (χ4v) is 1.59. The van der Waals surface area contributed by atoms with Crippen LogP contribution in [0.4, 0.5) is 0 Å². The molecule has 0 aliphatic carbocycles. The predicted octanol–water partition coefficient (Wildman–Crippen LogP) is 2.98. The van der Waals surface area contributed by atoms with Gasteiger partial charge in [0.05, 0.1) is 17.5 Å². The van der Waals surface area contributed by atoms with Crippen LogP contribution in [0.25, 0.3) is 11.3 Å². The topological polar surface area (TPSA) is 56.9 Å². The highest BCUT2D eigenvalue weighted by atomic mass is 35.5. The van der Waals surface area contributed by atoms with Crippen LogP contribution in [0.1, 0.15) is 5.56 Å². The number of hydrogen-bond acceptors (Lipinski definition) is 3. The Kier molecular flexibility index (Phi) is 2.76. The molecule has 1 heterocycles. The number of nitrogens with zero attached hydrogens (tertiary/aromatic N) is 2. The van der Waals surface area contributed by atoms with Crippen molar-refractivity contribution in [2.45, 2.75) is 0 Å². The minimum Gasteiger partial charge on any atom is -0.505 e. The van der Waals surface area contributed by atoms with Gasteiger partial charge in [-0.05, 0) is 12.1 Å². The number of benzene rings is 1. The maximum absolute atomic E-state index is 9.33. The summed E-state index contributed by atoms with van der Waals surface area (Å²) < 4.78 is 0. The minimum absolute atomic E-state index is 0.127. The highest BCUT2D eigenvalue weighted by Crippen LogP contribution is 2.28. The third-order valence-electron chi connectivity index (χ3n) is 2.15. The van der Waals surface area contributed by atoms with Gasteiger partial charge in [-0.25, -0.2) is 0 Å². The van der Waals surface area contributed by atoms with E-state index in [4.69, 9.17) is 16.9 Å². The van der Waals surface area contributed by atoms with Crippen LogP contribution in [0, 0.1) is 11.3 Å². The molecule has 0 bridgehead atoms. The summed E-state index contributed by atoms with van der Waals surface area (Å²) in [6.07, 6.45) is 1.25. The van der Waals surface area contributed by atoms with Gasteiger partial charge < -0.3 is 5.11 Å². The molecule has 0 radical (unpaired) electrons. The van der Waals surface area contributed by atoms with Crippen LogP contribution in [0.2, 0.25) is 5.02 Å². The molecule has 0 saturated carbocycles. The van der Waals surface area contributed by atoms with Gasteiger partial charge in [-0.2, -0.15) is 5.26 Å². The van der Waals surface area contributed by atoms with Gasteiger partial charge in [-0.15, -0.1) is 0 Å². The van der Waals surface area contributed by atoms with Gasteiger partial charge in [0, 0.05) is 10.6 Å². The van der Waals surface area contributed by atoms with Crippen LogP contribution in [0.15, 0.2) is 36.5 Å². The van der Waals surface area contributed by atoms with Crippen molar-refractivity contribution in [2.24, 2.45) is 0 Å². The average Bonchev–Trinajstić information content (AvgIpc) is 2.31. The molecule has 0 unspecified atom stereocenters. The Morgan fingerprint density at radius 2 is 2.06 bits per heavy atom. The summed E-state index contributed by atoms with van der Waals surface area (Å²) in [7, 11) is 0. The lowest BCUT2D eigenvalue weighted by atomic mass is 10.1. The van der Waals surface area contributed by atoms with Crippen molar-refractivity contribution in [3.05, 3.63) is 47.1 Å². The fourth-order valence-electron chi connectivity index (χ4n) is 1.35. The van der Waals surface area contributed by atoms with Crippen molar-refractivity contribution >= 4 is 11.6 Å². The number of nitriles is 1. The predicted molar refractivity (Wildman–Crippen MR) is 61.1 cm³/mol. The summed E-state index contributed by atoms with van der Waals surface area (Å²) >= 11 is 6.01. The number of pyridine rings is 1. The first-order valence-electron chi connectivity index (χ1n) is 4.56. The largest absolute Gasteiger partial charge is 0.505 e. The van der Waals surface area contributed by atoms with Gasteiger partial charge in [-0.1, -0.05) is 29.8 Å². The van der Waals surface area contributed by atoms with Crippen LogP contribution < -0.4 is 0 Å². The van der Waals surface area contributed by atoms with Gasteiger partial charge in [0.1, 0.15) is 6.07 Å². The molecule has 0 fully saturated rings. The van der Waals surface area contributed by atoms with Crippen molar-refractivity contribution in [1.82, 2.24) is 4.98 Å². The Morgan fingerprint density at radius 3 is 2.75 bits per heavy atom. The molecule has 1 aromatic carbocycles. The molecular weight excluding hydrogens is 224 g/mol. The molecule has 2 rings (SSSR count). The highest BCUT2D eigenvalue weighted by Gasteiger charge is 2.07. The number of aromatic nitrogens is 1. The van der Waals surface area contributed by atoms with E-state index in [0.717, 1.165) is 5.56 Å². The van der Waals surface area contributed by atoms with E-state index >= 15 is 0 Å². The maximum atomic E-state index is 9.33. The SMILES string of the molecule is N#Cc1cc(-c2ccccc2Cl)ncc1O. The van der Waals surface area contributed by atoms with Crippen LogP contribution in [0.3, 0.4) is 0 Å². The van der Waals surface area contributed by atoms with Gasteiger partial charge in [0.25, 0.3) is 0 Å². The average molecular weight is 231 g/mol. The lowest BCUT2D eigenvalue weighted by Gasteiger charge is -2.04. The normalized spacial score (nSPS) is 9.75. The Morgan fingerprint density at radius 1 is 1.31 bits per heavy atom. The Labute approximate surface area is 97.6 Å². The van der Waals surface area contributed by atoms with E-state index in [1.54, 1.807) is 6.07 Å². The third-order valence-corrected chi connectivity index (χ3v) is 2.48. The van der Waals surface area contributed by atoms with E-state index < -0.39 is 0 Å². The second kappa shape index (κ2) is 4.21. The molecule has 1 aromatic heterocycles. The molecule has 2 aromatic rings. The van der Waals surface area contributed by atoms with E-state index in [1.165, 1.54) is 12.3 Å². The quantitative estimate of drug-likeness (QED) is 0.819. The highest BCUT2D eigenvalue weighted by molar-refractivity contribution is 6.33. The zero-order valence-corrected chi connectivity index (χ0v) is 8.94. The number of rotatable bonds is 1. The summed E-state index contributed by atoms with van der Waals surface area (Å²) in [6, 6.07) is 10.6. The van der Waals surface area contributed by atoms with Crippen LogP contribution >= 0.6 is 11.6 Å². The summed E-state index contributed by atoms with van der Waals surface area (Å²) in [5.74, 6) is -0.127. The molecule has 0 amide bonds. The molecule has 78 valence electrons. The minimum atomic E-state index is -0.127. The second-order valence-corrected chi connectivity index (χ2v) is 3.59. The molecule has 0 aliphatic heterocycles. The monoisotopic (exact) mass is 230 g/mol. The zero-order valence-electron chi connectivity index (χ0n) is 8.18. The molecule has 0 spiro atoms. The molecule has 16 heavy (non-hydrogen) atoms. The van der Waals surface area contributed by atoms with Gasteiger partial charge in [0.2, 0.25) is 0 Å². The van der Waals surface area contributed by atoms with Gasteiger partial charge in [0.15, 0.2) is 5.75 Å².